The highest BCUT2D eigenvalue weighted by Gasteiger charge is 2.31. The summed E-state index contributed by atoms with van der Waals surface area (Å²) in [4.78, 5) is 0. The summed E-state index contributed by atoms with van der Waals surface area (Å²) in [5.74, 6) is -0.309. The van der Waals surface area contributed by atoms with Crippen LogP contribution in [0.5, 0.6) is 0 Å². The molecular weight excluding hydrogens is 263 g/mol. The predicted octanol–water partition coefficient (Wildman–Crippen LogP) is 4.49. The van der Waals surface area contributed by atoms with Crippen LogP contribution in [0.15, 0.2) is 48.5 Å². The summed E-state index contributed by atoms with van der Waals surface area (Å²) in [5, 5.41) is 11.2. The summed E-state index contributed by atoms with van der Waals surface area (Å²) in [6.45, 7) is 3.87. The van der Waals surface area contributed by atoms with Crippen LogP contribution in [-0.2, 0) is 5.41 Å². The van der Waals surface area contributed by atoms with Crippen molar-refractivity contribution in [2.75, 3.05) is 0 Å². The lowest BCUT2D eigenvalue weighted by Gasteiger charge is -2.31. The maximum Gasteiger partial charge on any atom is 0.123 e. The van der Waals surface area contributed by atoms with E-state index in [-0.39, 0.29) is 5.82 Å². The normalized spacial score (nSPS) is 13.3. The Bertz CT molecular complexity index is 563. The van der Waals surface area contributed by atoms with Crippen LogP contribution in [0, 0.1) is 5.82 Å². The van der Waals surface area contributed by atoms with E-state index in [1.165, 1.54) is 12.1 Å². The number of aliphatic hydroxyl groups excluding tert-OH is 1. The molecule has 0 spiro atoms. The van der Waals surface area contributed by atoms with Crippen molar-refractivity contribution in [1.29, 1.82) is 0 Å². The largest absolute Gasteiger partial charge is 0.388 e. The van der Waals surface area contributed by atoms with Gasteiger partial charge in [-0.05, 0) is 35.4 Å². The number of hydrogen-bond acceptors (Lipinski definition) is 1. The molecule has 2 rings (SSSR count). The van der Waals surface area contributed by atoms with E-state index in [2.05, 4.69) is 0 Å². The first-order chi connectivity index (χ1) is 8.91. The second kappa shape index (κ2) is 5.32. The highest BCUT2D eigenvalue weighted by molar-refractivity contribution is 6.30. The first-order valence-corrected chi connectivity index (χ1v) is 6.48. The molecule has 0 saturated carbocycles. The number of halogens is 2. The summed E-state index contributed by atoms with van der Waals surface area (Å²) < 4.78 is 12.9. The molecule has 1 N–H and O–H groups in total. The van der Waals surface area contributed by atoms with Crippen LogP contribution in [0.25, 0.3) is 0 Å². The van der Waals surface area contributed by atoms with Gasteiger partial charge in [0.05, 0.1) is 6.10 Å². The lowest BCUT2D eigenvalue weighted by molar-refractivity contribution is 0.100. The standard InChI is InChI=1S/C16H16ClFO/c1-16(2,12-4-3-5-13(17)10-12)15(19)11-6-8-14(18)9-7-11/h3-10,15,19H,1-2H3. The molecule has 0 aliphatic rings. The van der Waals surface area contributed by atoms with E-state index in [1.807, 2.05) is 32.0 Å². The minimum atomic E-state index is -0.730. The second-order valence-corrected chi connectivity index (χ2v) is 5.62. The summed E-state index contributed by atoms with van der Waals surface area (Å²) >= 11 is 5.99. The minimum Gasteiger partial charge on any atom is -0.388 e. The number of benzene rings is 2. The highest BCUT2D eigenvalue weighted by atomic mass is 35.5. The second-order valence-electron chi connectivity index (χ2n) is 5.19. The van der Waals surface area contributed by atoms with Gasteiger partial charge in [-0.15, -0.1) is 0 Å². The van der Waals surface area contributed by atoms with E-state index in [0.29, 0.717) is 10.6 Å². The lowest BCUT2D eigenvalue weighted by Crippen LogP contribution is -2.26. The van der Waals surface area contributed by atoms with Crippen molar-refractivity contribution < 1.29 is 9.50 Å². The maximum absolute atomic E-state index is 12.9. The molecule has 2 aromatic rings. The molecule has 0 heterocycles. The van der Waals surface area contributed by atoms with E-state index < -0.39 is 11.5 Å². The molecule has 0 saturated heterocycles. The van der Waals surface area contributed by atoms with Gasteiger partial charge in [-0.25, -0.2) is 4.39 Å². The molecule has 0 aromatic heterocycles. The molecule has 0 aliphatic heterocycles. The van der Waals surface area contributed by atoms with Crippen molar-refractivity contribution in [1.82, 2.24) is 0 Å². The lowest BCUT2D eigenvalue weighted by atomic mass is 9.77. The van der Waals surface area contributed by atoms with Gasteiger partial charge in [-0.1, -0.05) is 49.7 Å². The van der Waals surface area contributed by atoms with Gasteiger partial charge in [-0.3, -0.25) is 0 Å². The molecule has 1 atom stereocenters. The molecule has 0 aliphatic carbocycles. The molecule has 1 unspecified atom stereocenters. The van der Waals surface area contributed by atoms with Crippen molar-refractivity contribution >= 4 is 11.6 Å². The molecular formula is C16H16ClFO. The van der Waals surface area contributed by atoms with E-state index in [1.54, 1.807) is 18.2 Å². The van der Waals surface area contributed by atoms with Crippen molar-refractivity contribution in [3.63, 3.8) is 0 Å². The predicted molar refractivity (Wildman–Crippen MR) is 75.8 cm³/mol. The average molecular weight is 279 g/mol. The summed E-state index contributed by atoms with van der Waals surface area (Å²) in [7, 11) is 0. The van der Waals surface area contributed by atoms with E-state index in [0.717, 1.165) is 5.56 Å². The molecule has 0 fully saturated rings. The maximum atomic E-state index is 12.9. The van der Waals surface area contributed by atoms with Crippen molar-refractivity contribution in [2.45, 2.75) is 25.4 Å². The van der Waals surface area contributed by atoms with Crippen molar-refractivity contribution in [2.24, 2.45) is 0 Å². The van der Waals surface area contributed by atoms with Crippen molar-refractivity contribution in [3.05, 3.63) is 70.5 Å². The Morgan fingerprint density at radius 1 is 1.11 bits per heavy atom. The minimum absolute atomic E-state index is 0.309. The molecule has 0 bridgehead atoms. The zero-order chi connectivity index (χ0) is 14.0. The fraction of sp³-hybridized carbons (Fsp3) is 0.250. The van der Waals surface area contributed by atoms with Gasteiger partial charge in [0.15, 0.2) is 0 Å². The van der Waals surface area contributed by atoms with Gasteiger partial charge in [-0.2, -0.15) is 0 Å². The zero-order valence-electron chi connectivity index (χ0n) is 10.9. The molecule has 0 radical (unpaired) electrons. The Hall–Kier alpha value is -1.38. The van der Waals surface area contributed by atoms with Crippen LogP contribution in [0.4, 0.5) is 4.39 Å². The first kappa shape index (κ1) is 14.0. The monoisotopic (exact) mass is 278 g/mol. The summed E-state index contributed by atoms with van der Waals surface area (Å²) in [6, 6.07) is 13.3. The third-order valence-electron chi connectivity index (χ3n) is 3.44. The average Bonchev–Trinajstić information content (AvgIpc) is 2.39. The Morgan fingerprint density at radius 3 is 2.32 bits per heavy atom. The van der Waals surface area contributed by atoms with Crippen molar-refractivity contribution in [3.8, 4) is 0 Å². The Morgan fingerprint density at radius 2 is 1.74 bits per heavy atom. The zero-order valence-corrected chi connectivity index (χ0v) is 11.7. The van der Waals surface area contributed by atoms with Crippen LogP contribution in [-0.4, -0.2) is 5.11 Å². The molecule has 2 aromatic carbocycles. The first-order valence-electron chi connectivity index (χ1n) is 6.11. The van der Waals surface area contributed by atoms with Gasteiger partial charge < -0.3 is 5.11 Å². The fourth-order valence-corrected chi connectivity index (χ4v) is 2.30. The smallest absolute Gasteiger partial charge is 0.123 e. The number of hydrogen-bond donors (Lipinski definition) is 1. The van der Waals surface area contributed by atoms with Gasteiger partial charge in [0.2, 0.25) is 0 Å². The fourth-order valence-electron chi connectivity index (χ4n) is 2.11. The third-order valence-corrected chi connectivity index (χ3v) is 3.67. The van der Waals surface area contributed by atoms with Gasteiger partial charge >= 0.3 is 0 Å². The Kier molecular flexibility index (Phi) is 3.93. The molecule has 3 heteroatoms. The number of aliphatic hydroxyl groups is 1. The van der Waals surface area contributed by atoms with E-state index in [9.17, 15) is 9.50 Å². The van der Waals surface area contributed by atoms with Crippen LogP contribution >= 0.6 is 11.6 Å². The van der Waals surface area contributed by atoms with Crippen LogP contribution in [0.1, 0.15) is 31.1 Å². The third kappa shape index (κ3) is 2.96. The molecule has 19 heavy (non-hydrogen) atoms. The SMILES string of the molecule is CC(C)(c1cccc(Cl)c1)C(O)c1ccc(F)cc1. The quantitative estimate of drug-likeness (QED) is 0.877. The Labute approximate surface area is 117 Å². The topological polar surface area (TPSA) is 20.2 Å². The van der Waals surface area contributed by atoms with E-state index in [4.69, 9.17) is 11.6 Å². The van der Waals surface area contributed by atoms with Crippen LogP contribution in [0.3, 0.4) is 0 Å². The Balaban J connectivity index is 2.35. The summed E-state index contributed by atoms with van der Waals surface area (Å²) in [5.41, 5.74) is 1.12. The highest BCUT2D eigenvalue weighted by Crippen LogP contribution is 2.37. The molecule has 1 nitrogen and oxygen atoms in total. The molecule has 0 amide bonds. The van der Waals surface area contributed by atoms with Crippen LogP contribution < -0.4 is 0 Å². The molecule has 100 valence electrons. The number of rotatable bonds is 3. The summed E-state index contributed by atoms with van der Waals surface area (Å²) in [6.07, 6.45) is -0.730. The van der Waals surface area contributed by atoms with Gasteiger partial charge in [0, 0.05) is 10.4 Å². The van der Waals surface area contributed by atoms with Gasteiger partial charge in [0.1, 0.15) is 5.82 Å². The van der Waals surface area contributed by atoms with E-state index >= 15 is 0 Å². The van der Waals surface area contributed by atoms with Gasteiger partial charge in [0.25, 0.3) is 0 Å². The van der Waals surface area contributed by atoms with Crippen LogP contribution in [0.2, 0.25) is 5.02 Å².